The predicted octanol–water partition coefficient (Wildman–Crippen LogP) is 2.62. The van der Waals surface area contributed by atoms with Crippen LogP contribution >= 0.6 is 0 Å². The Balaban J connectivity index is 1.99. The molecule has 0 aliphatic heterocycles. The summed E-state index contributed by atoms with van der Waals surface area (Å²) >= 11 is 0. The largest absolute Gasteiger partial charge is 0.308 e. The fourth-order valence-electron chi connectivity index (χ4n) is 2.19. The van der Waals surface area contributed by atoms with Crippen molar-refractivity contribution < 1.29 is 0 Å². The molecule has 90 valence electrons. The summed E-state index contributed by atoms with van der Waals surface area (Å²) in [6.07, 6.45) is 3.77. The van der Waals surface area contributed by atoms with E-state index in [0.717, 1.165) is 13.1 Å². The van der Waals surface area contributed by atoms with Crippen molar-refractivity contribution in [1.29, 1.82) is 0 Å². The van der Waals surface area contributed by atoms with Gasteiger partial charge in [0.1, 0.15) is 0 Å². The van der Waals surface area contributed by atoms with E-state index in [0.29, 0.717) is 0 Å². The summed E-state index contributed by atoms with van der Waals surface area (Å²) < 4.78 is 0. The highest BCUT2D eigenvalue weighted by molar-refractivity contribution is 5.37. The van der Waals surface area contributed by atoms with Gasteiger partial charge in [-0.05, 0) is 37.5 Å². The third kappa shape index (κ3) is 2.94. The molecule has 2 rings (SSSR count). The molecule has 0 spiro atoms. The lowest BCUT2D eigenvalue weighted by atomic mass is 10.00. The van der Waals surface area contributed by atoms with Gasteiger partial charge in [0.15, 0.2) is 0 Å². The summed E-state index contributed by atoms with van der Waals surface area (Å²) in [6, 6.07) is 4.48. The van der Waals surface area contributed by atoms with Gasteiger partial charge in [-0.3, -0.25) is 5.10 Å². The molecule has 1 aromatic carbocycles. The number of aryl methyl sites for hydroxylation is 3. The molecule has 0 aliphatic rings. The number of benzene rings is 1. The van der Waals surface area contributed by atoms with Crippen molar-refractivity contribution in [2.45, 2.75) is 33.9 Å². The van der Waals surface area contributed by atoms with E-state index in [9.17, 15) is 0 Å². The van der Waals surface area contributed by atoms with Crippen molar-refractivity contribution in [3.8, 4) is 0 Å². The smallest absolute Gasteiger partial charge is 0.0532 e. The zero-order chi connectivity index (χ0) is 12.3. The van der Waals surface area contributed by atoms with E-state index < -0.39 is 0 Å². The number of hydrogen-bond acceptors (Lipinski definition) is 2. The first-order valence-corrected chi connectivity index (χ1v) is 5.92. The number of aromatic nitrogens is 2. The summed E-state index contributed by atoms with van der Waals surface area (Å²) in [5, 5.41) is 10.2. The lowest BCUT2D eigenvalue weighted by Crippen LogP contribution is -2.14. The summed E-state index contributed by atoms with van der Waals surface area (Å²) in [4.78, 5) is 0. The second kappa shape index (κ2) is 5.15. The first-order chi connectivity index (χ1) is 8.16. The first kappa shape index (κ1) is 11.9. The van der Waals surface area contributed by atoms with Crippen LogP contribution < -0.4 is 5.32 Å². The van der Waals surface area contributed by atoms with E-state index in [1.807, 2.05) is 12.4 Å². The van der Waals surface area contributed by atoms with Crippen LogP contribution in [0.2, 0.25) is 0 Å². The lowest BCUT2D eigenvalue weighted by molar-refractivity contribution is 0.688. The molecule has 17 heavy (non-hydrogen) atoms. The van der Waals surface area contributed by atoms with Crippen molar-refractivity contribution in [3.63, 3.8) is 0 Å². The van der Waals surface area contributed by atoms with Crippen LogP contribution in [-0.2, 0) is 13.1 Å². The Kier molecular flexibility index (Phi) is 3.59. The predicted molar refractivity (Wildman–Crippen MR) is 69.8 cm³/mol. The van der Waals surface area contributed by atoms with Crippen molar-refractivity contribution in [3.05, 3.63) is 52.3 Å². The Hall–Kier alpha value is -1.61. The van der Waals surface area contributed by atoms with Crippen LogP contribution in [-0.4, -0.2) is 10.2 Å². The molecule has 0 radical (unpaired) electrons. The Morgan fingerprint density at radius 1 is 1.12 bits per heavy atom. The zero-order valence-corrected chi connectivity index (χ0v) is 10.7. The van der Waals surface area contributed by atoms with Gasteiger partial charge in [-0.25, -0.2) is 0 Å². The molecule has 0 fully saturated rings. The zero-order valence-electron chi connectivity index (χ0n) is 10.7. The van der Waals surface area contributed by atoms with E-state index in [4.69, 9.17) is 0 Å². The van der Waals surface area contributed by atoms with Gasteiger partial charge < -0.3 is 5.32 Å². The number of aromatic amines is 1. The van der Waals surface area contributed by atoms with E-state index in [1.165, 1.54) is 27.8 Å². The maximum atomic E-state index is 3.93. The minimum absolute atomic E-state index is 0.850. The fraction of sp³-hybridized carbons (Fsp3) is 0.357. The molecule has 0 saturated heterocycles. The van der Waals surface area contributed by atoms with E-state index in [2.05, 4.69) is 48.4 Å². The Bertz CT molecular complexity index is 463. The number of H-pyrrole nitrogens is 1. The summed E-state index contributed by atoms with van der Waals surface area (Å²) in [5.41, 5.74) is 6.65. The van der Waals surface area contributed by atoms with Crippen molar-refractivity contribution >= 4 is 0 Å². The highest BCUT2D eigenvalue weighted by Gasteiger charge is 2.03. The summed E-state index contributed by atoms with van der Waals surface area (Å²) in [7, 11) is 0. The maximum absolute atomic E-state index is 3.93. The van der Waals surface area contributed by atoms with Gasteiger partial charge in [-0.1, -0.05) is 17.7 Å². The number of hydrogen-bond donors (Lipinski definition) is 2. The van der Waals surface area contributed by atoms with Gasteiger partial charge in [-0.15, -0.1) is 0 Å². The van der Waals surface area contributed by atoms with Crippen LogP contribution in [0.15, 0.2) is 24.5 Å². The Morgan fingerprint density at radius 2 is 1.82 bits per heavy atom. The highest BCUT2D eigenvalue weighted by Crippen LogP contribution is 2.16. The highest BCUT2D eigenvalue weighted by atomic mass is 15.1. The second-order valence-electron chi connectivity index (χ2n) is 4.59. The average molecular weight is 229 g/mol. The van der Waals surface area contributed by atoms with Gasteiger partial charge >= 0.3 is 0 Å². The van der Waals surface area contributed by atoms with Crippen LogP contribution in [0, 0.1) is 20.8 Å². The van der Waals surface area contributed by atoms with Crippen molar-refractivity contribution in [1.82, 2.24) is 15.5 Å². The Labute approximate surface area is 102 Å². The third-order valence-electron chi connectivity index (χ3n) is 3.03. The topological polar surface area (TPSA) is 40.7 Å². The SMILES string of the molecule is Cc1cc(C)c(CNCc2cn[nH]c2)c(C)c1. The molecular weight excluding hydrogens is 210 g/mol. The van der Waals surface area contributed by atoms with Gasteiger partial charge in [-0.2, -0.15) is 5.10 Å². The minimum Gasteiger partial charge on any atom is -0.308 e. The van der Waals surface area contributed by atoms with Gasteiger partial charge in [0.2, 0.25) is 0 Å². The summed E-state index contributed by atoms with van der Waals surface area (Å²) in [6.45, 7) is 8.25. The number of rotatable bonds is 4. The van der Waals surface area contributed by atoms with Crippen molar-refractivity contribution in [2.75, 3.05) is 0 Å². The van der Waals surface area contributed by atoms with Crippen LogP contribution in [0.1, 0.15) is 27.8 Å². The van der Waals surface area contributed by atoms with E-state index in [-0.39, 0.29) is 0 Å². The first-order valence-electron chi connectivity index (χ1n) is 5.92. The average Bonchev–Trinajstić information content (AvgIpc) is 2.74. The lowest BCUT2D eigenvalue weighted by Gasteiger charge is -2.11. The number of nitrogens with zero attached hydrogens (tertiary/aromatic N) is 1. The molecule has 2 N–H and O–H groups in total. The molecule has 0 amide bonds. The summed E-state index contributed by atoms with van der Waals surface area (Å²) in [5.74, 6) is 0. The monoisotopic (exact) mass is 229 g/mol. The molecule has 3 nitrogen and oxygen atoms in total. The molecule has 0 bridgehead atoms. The molecule has 3 heteroatoms. The second-order valence-corrected chi connectivity index (χ2v) is 4.59. The van der Waals surface area contributed by atoms with Crippen LogP contribution in [0.5, 0.6) is 0 Å². The van der Waals surface area contributed by atoms with Crippen LogP contribution in [0.3, 0.4) is 0 Å². The maximum Gasteiger partial charge on any atom is 0.0532 e. The normalized spacial score (nSPS) is 10.8. The number of nitrogens with one attached hydrogen (secondary N) is 2. The van der Waals surface area contributed by atoms with Crippen molar-refractivity contribution in [2.24, 2.45) is 0 Å². The molecule has 0 saturated carbocycles. The Morgan fingerprint density at radius 3 is 2.41 bits per heavy atom. The van der Waals surface area contributed by atoms with Crippen LogP contribution in [0.4, 0.5) is 0 Å². The third-order valence-corrected chi connectivity index (χ3v) is 3.03. The fourth-order valence-corrected chi connectivity index (χ4v) is 2.19. The molecule has 1 aromatic heterocycles. The quantitative estimate of drug-likeness (QED) is 0.846. The van der Waals surface area contributed by atoms with Gasteiger partial charge in [0, 0.05) is 24.8 Å². The molecule has 1 heterocycles. The molecule has 0 aliphatic carbocycles. The van der Waals surface area contributed by atoms with E-state index >= 15 is 0 Å². The standard InChI is InChI=1S/C14H19N3/c1-10-4-11(2)14(12(3)5-10)9-15-6-13-7-16-17-8-13/h4-5,7-8,15H,6,9H2,1-3H3,(H,16,17). The van der Waals surface area contributed by atoms with Gasteiger partial charge in [0.05, 0.1) is 6.20 Å². The van der Waals surface area contributed by atoms with Crippen LogP contribution in [0.25, 0.3) is 0 Å². The molecule has 2 aromatic rings. The molecule has 0 unspecified atom stereocenters. The molecule has 0 atom stereocenters. The van der Waals surface area contributed by atoms with E-state index in [1.54, 1.807) is 0 Å². The molecular formula is C14H19N3. The minimum atomic E-state index is 0.850. The van der Waals surface area contributed by atoms with Gasteiger partial charge in [0.25, 0.3) is 0 Å².